The van der Waals surface area contributed by atoms with Crippen molar-refractivity contribution < 1.29 is 19.5 Å². The van der Waals surface area contributed by atoms with E-state index in [1.54, 1.807) is 73.8 Å². The minimum absolute atomic E-state index is 0.155. The number of ketones is 1. The quantitative estimate of drug-likeness (QED) is 0.359. The van der Waals surface area contributed by atoms with Crippen LogP contribution in [-0.4, -0.2) is 22.7 Å². The molecule has 160 valence electrons. The highest BCUT2D eigenvalue weighted by Crippen LogP contribution is 2.33. The standard InChI is InChI=1S/C25H21N3O4/c1-14-3-7-19(12-23(14)30)26-13-21-20-11-17(6-10-22(20)28-25(21)32)24(31)16-4-8-18(9-5-16)27-15(2)29/h3-13,26,30H,1-2H3,(H,27,29)(H,28,32). The van der Waals surface area contributed by atoms with Crippen LogP contribution in [0.3, 0.4) is 0 Å². The lowest BCUT2D eigenvalue weighted by Crippen LogP contribution is -2.06. The molecule has 0 aromatic heterocycles. The first-order valence-electron chi connectivity index (χ1n) is 9.96. The van der Waals surface area contributed by atoms with Crippen molar-refractivity contribution in [1.29, 1.82) is 0 Å². The molecule has 7 nitrogen and oxygen atoms in total. The number of fused-ring (bicyclic) bond motifs is 1. The lowest BCUT2D eigenvalue weighted by atomic mass is 9.98. The van der Waals surface area contributed by atoms with Crippen LogP contribution in [0, 0.1) is 6.92 Å². The zero-order valence-electron chi connectivity index (χ0n) is 17.5. The summed E-state index contributed by atoms with van der Waals surface area (Å²) in [4.78, 5) is 36.6. The summed E-state index contributed by atoms with van der Waals surface area (Å²) in [7, 11) is 0. The smallest absolute Gasteiger partial charge is 0.257 e. The number of hydrogen-bond acceptors (Lipinski definition) is 5. The molecule has 0 aliphatic carbocycles. The second kappa shape index (κ2) is 8.39. The maximum Gasteiger partial charge on any atom is 0.257 e. The van der Waals surface area contributed by atoms with Crippen molar-refractivity contribution in [3.63, 3.8) is 0 Å². The van der Waals surface area contributed by atoms with Crippen LogP contribution in [0.4, 0.5) is 17.1 Å². The number of carbonyl (C=O) groups excluding carboxylic acids is 3. The van der Waals surface area contributed by atoms with E-state index in [9.17, 15) is 19.5 Å². The number of anilines is 3. The summed E-state index contributed by atoms with van der Waals surface area (Å²) < 4.78 is 0. The Balaban J connectivity index is 1.60. The number of rotatable bonds is 5. The highest BCUT2D eigenvalue weighted by Gasteiger charge is 2.25. The van der Waals surface area contributed by atoms with Gasteiger partial charge in [0.05, 0.1) is 5.57 Å². The van der Waals surface area contributed by atoms with E-state index >= 15 is 0 Å². The fourth-order valence-corrected chi connectivity index (χ4v) is 3.40. The predicted molar refractivity (Wildman–Crippen MR) is 124 cm³/mol. The second-order valence-electron chi connectivity index (χ2n) is 7.51. The van der Waals surface area contributed by atoms with Crippen LogP contribution in [0.15, 0.2) is 66.9 Å². The molecule has 3 aromatic rings. The highest BCUT2D eigenvalue weighted by atomic mass is 16.3. The zero-order valence-corrected chi connectivity index (χ0v) is 17.5. The van der Waals surface area contributed by atoms with Crippen LogP contribution in [0.2, 0.25) is 0 Å². The van der Waals surface area contributed by atoms with Crippen LogP contribution in [0.25, 0.3) is 5.57 Å². The Labute approximate surface area is 184 Å². The topological polar surface area (TPSA) is 108 Å². The van der Waals surface area contributed by atoms with Gasteiger partial charge in [0.2, 0.25) is 5.91 Å². The number of phenolic OH excluding ortho intramolecular Hbond substituents is 1. The molecule has 2 amide bonds. The van der Waals surface area contributed by atoms with Crippen LogP contribution in [0.5, 0.6) is 5.75 Å². The summed E-state index contributed by atoms with van der Waals surface area (Å²) in [5.41, 5.74) is 4.51. The summed E-state index contributed by atoms with van der Waals surface area (Å²) in [6.45, 7) is 3.21. The fourth-order valence-electron chi connectivity index (χ4n) is 3.40. The Morgan fingerprint density at radius 3 is 2.31 bits per heavy atom. The number of phenols is 1. The van der Waals surface area contributed by atoms with Crippen LogP contribution in [0.1, 0.15) is 34.0 Å². The normalized spacial score (nSPS) is 13.4. The van der Waals surface area contributed by atoms with Crippen molar-refractivity contribution in [3.05, 3.63) is 89.1 Å². The third-order valence-corrected chi connectivity index (χ3v) is 5.12. The number of amides is 2. The van der Waals surface area contributed by atoms with Gasteiger partial charge in [0, 0.05) is 52.9 Å². The average molecular weight is 427 g/mol. The van der Waals surface area contributed by atoms with E-state index < -0.39 is 0 Å². The second-order valence-corrected chi connectivity index (χ2v) is 7.51. The molecule has 4 rings (SSSR count). The van der Waals surface area contributed by atoms with Gasteiger partial charge < -0.3 is 21.1 Å². The van der Waals surface area contributed by atoms with Gasteiger partial charge in [-0.15, -0.1) is 0 Å². The van der Waals surface area contributed by atoms with E-state index in [4.69, 9.17) is 0 Å². The SMILES string of the molecule is CC(=O)Nc1ccc(C(=O)c2ccc3c(c2)C(=CNc2ccc(C)c(O)c2)C(=O)N3)cc1. The molecule has 0 atom stereocenters. The zero-order chi connectivity index (χ0) is 22.8. The van der Waals surface area contributed by atoms with E-state index in [0.29, 0.717) is 39.3 Å². The number of benzene rings is 3. The molecule has 1 heterocycles. The molecule has 1 aliphatic rings. The van der Waals surface area contributed by atoms with Crippen molar-refractivity contribution in [2.45, 2.75) is 13.8 Å². The van der Waals surface area contributed by atoms with E-state index in [0.717, 1.165) is 5.56 Å². The van der Waals surface area contributed by atoms with Gasteiger partial charge in [-0.1, -0.05) is 6.07 Å². The van der Waals surface area contributed by atoms with Gasteiger partial charge in [-0.2, -0.15) is 0 Å². The number of aryl methyl sites for hydroxylation is 1. The molecule has 0 bridgehead atoms. The summed E-state index contributed by atoms with van der Waals surface area (Å²) in [6.07, 6.45) is 1.56. The predicted octanol–water partition coefficient (Wildman–Crippen LogP) is 4.30. The van der Waals surface area contributed by atoms with E-state index in [2.05, 4.69) is 16.0 Å². The van der Waals surface area contributed by atoms with Crippen LogP contribution in [-0.2, 0) is 9.59 Å². The molecule has 1 aliphatic heterocycles. The Morgan fingerprint density at radius 2 is 1.62 bits per heavy atom. The molecular weight excluding hydrogens is 406 g/mol. The maximum absolute atomic E-state index is 13.0. The molecule has 0 saturated heterocycles. The molecule has 4 N–H and O–H groups in total. The summed E-state index contributed by atoms with van der Waals surface area (Å²) >= 11 is 0. The molecule has 0 unspecified atom stereocenters. The molecule has 7 heteroatoms. The Bertz CT molecular complexity index is 1280. The van der Waals surface area contributed by atoms with E-state index in [1.807, 2.05) is 0 Å². The fraction of sp³-hybridized carbons (Fsp3) is 0.0800. The first-order valence-corrected chi connectivity index (χ1v) is 9.96. The van der Waals surface area contributed by atoms with E-state index in [1.165, 1.54) is 6.92 Å². The molecule has 0 radical (unpaired) electrons. The first-order chi connectivity index (χ1) is 15.3. The van der Waals surface area contributed by atoms with Gasteiger partial charge in [0.1, 0.15) is 5.75 Å². The van der Waals surface area contributed by atoms with Gasteiger partial charge in [-0.05, 0) is 61.0 Å². The average Bonchev–Trinajstić information content (AvgIpc) is 3.08. The van der Waals surface area contributed by atoms with Crippen molar-refractivity contribution in [2.24, 2.45) is 0 Å². The van der Waals surface area contributed by atoms with Crippen LogP contribution < -0.4 is 16.0 Å². The number of carbonyl (C=O) groups is 3. The van der Waals surface area contributed by atoms with Gasteiger partial charge in [0.15, 0.2) is 5.78 Å². The monoisotopic (exact) mass is 427 g/mol. The number of nitrogens with one attached hydrogen (secondary N) is 3. The third kappa shape index (κ3) is 4.22. The van der Waals surface area contributed by atoms with Crippen molar-refractivity contribution in [3.8, 4) is 5.75 Å². The van der Waals surface area contributed by atoms with Gasteiger partial charge in [0.25, 0.3) is 5.91 Å². The van der Waals surface area contributed by atoms with Crippen molar-refractivity contribution in [1.82, 2.24) is 0 Å². The molecule has 0 saturated carbocycles. The van der Waals surface area contributed by atoms with Gasteiger partial charge >= 0.3 is 0 Å². The molecule has 3 aromatic carbocycles. The highest BCUT2D eigenvalue weighted by molar-refractivity contribution is 6.32. The summed E-state index contributed by atoms with van der Waals surface area (Å²) in [5, 5.41) is 18.3. The lowest BCUT2D eigenvalue weighted by Gasteiger charge is -2.07. The molecule has 0 spiro atoms. The Morgan fingerprint density at radius 1 is 0.938 bits per heavy atom. The maximum atomic E-state index is 13.0. The largest absolute Gasteiger partial charge is 0.508 e. The van der Waals surface area contributed by atoms with Crippen molar-refractivity contribution in [2.75, 3.05) is 16.0 Å². The Kier molecular flexibility index (Phi) is 5.47. The van der Waals surface area contributed by atoms with Gasteiger partial charge in [-0.25, -0.2) is 0 Å². The van der Waals surface area contributed by atoms with Crippen molar-refractivity contribution >= 4 is 40.2 Å². The molecule has 0 fully saturated rings. The van der Waals surface area contributed by atoms with Gasteiger partial charge in [-0.3, -0.25) is 14.4 Å². The third-order valence-electron chi connectivity index (χ3n) is 5.12. The number of hydrogen-bond donors (Lipinski definition) is 4. The minimum atomic E-state index is -0.284. The van der Waals surface area contributed by atoms with E-state index in [-0.39, 0.29) is 23.3 Å². The molecular formula is C25H21N3O4. The summed E-state index contributed by atoms with van der Waals surface area (Å²) in [6, 6.07) is 16.8. The lowest BCUT2D eigenvalue weighted by molar-refractivity contribution is -0.114. The minimum Gasteiger partial charge on any atom is -0.508 e. The van der Waals surface area contributed by atoms with Crippen LogP contribution >= 0.6 is 0 Å². The summed E-state index contributed by atoms with van der Waals surface area (Å²) in [5.74, 6) is -0.513. The Hall–Kier alpha value is -4.39. The first kappa shape index (κ1) is 20.9. The molecule has 32 heavy (non-hydrogen) atoms. The number of aromatic hydroxyl groups is 1.